The largest absolute Gasteiger partial charge is 0.354 e. The third kappa shape index (κ3) is 4.05. The third-order valence-electron chi connectivity index (χ3n) is 6.03. The number of nitrogens with one attached hydrogen (secondary N) is 2. The molecule has 1 aromatic heterocycles. The van der Waals surface area contributed by atoms with Crippen molar-refractivity contribution in [3.8, 4) is 0 Å². The molecule has 0 bridgehead atoms. The Labute approximate surface area is 165 Å². The summed E-state index contributed by atoms with van der Waals surface area (Å²) < 4.78 is 16.2. The highest BCUT2D eigenvalue weighted by Crippen LogP contribution is 2.23. The molecule has 2 atom stereocenters. The van der Waals surface area contributed by atoms with Crippen molar-refractivity contribution in [3.63, 3.8) is 0 Å². The van der Waals surface area contributed by atoms with Crippen molar-refractivity contribution in [1.29, 1.82) is 0 Å². The molecule has 4 rings (SSSR count). The first-order chi connectivity index (χ1) is 13.7. The number of imidazole rings is 1. The van der Waals surface area contributed by atoms with Crippen molar-refractivity contribution in [2.24, 2.45) is 5.92 Å². The summed E-state index contributed by atoms with van der Waals surface area (Å²) in [5, 5.41) is 6.38. The Hall–Kier alpha value is -1.99. The molecular weight excluding hydrogens is 357 g/mol. The lowest BCUT2D eigenvalue weighted by Crippen LogP contribution is -2.45. The van der Waals surface area contributed by atoms with E-state index in [1.165, 1.54) is 6.07 Å². The SMILES string of the molecule is CCn1c(CN2CCCC(CNC(=O)C3CCCN3)C2)nc2c(F)cccc21. The van der Waals surface area contributed by atoms with Crippen LogP contribution in [-0.4, -0.2) is 52.6 Å². The van der Waals surface area contributed by atoms with Gasteiger partial charge in [-0.25, -0.2) is 9.37 Å². The van der Waals surface area contributed by atoms with Gasteiger partial charge >= 0.3 is 0 Å². The number of amides is 1. The summed E-state index contributed by atoms with van der Waals surface area (Å²) in [4.78, 5) is 19.2. The van der Waals surface area contributed by atoms with Gasteiger partial charge in [-0.05, 0) is 63.7 Å². The maximum Gasteiger partial charge on any atom is 0.237 e. The van der Waals surface area contributed by atoms with Gasteiger partial charge in [-0.1, -0.05) is 6.07 Å². The van der Waals surface area contributed by atoms with Gasteiger partial charge in [0.2, 0.25) is 5.91 Å². The Balaban J connectivity index is 1.38. The van der Waals surface area contributed by atoms with Crippen LogP contribution in [-0.2, 0) is 17.9 Å². The predicted octanol–water partition coefficient (Wildman–Crippen LogP) is 2.28. The standard InChI is InChI=1S/C21H30FN5O/c1-2-27-18-9-3-7-16(22)20(18)25-19(27)14-26-11-5-6-15(13-26)12-24-21(28)17-8-4-10-23-17/h3,7,9,15,17,23H,2,4-6,8,10-14H2,1H3,(H,24,28). The van der Waals surface area contributed by atoms with Gasteiger partial charge in [0.05, 0.1) is 18.1 Å². The summed E-state index contributed by atoms with van der Waals surface area (Å²) in [5.41, 5.74) is 1.33. The highest BCUT2D eigenvalue weighted by molar-refractivity contribution is 5.82. The van der Waals surface area contributed by atoms with Crippen LogP contribution in [0.2, 0.25) is 0 Å². The molecule has 0 radical (unpaired) electrons. The smallest absolute Gasteiger partial charge is 0.237 e. The summed E-state index contributed by atoms with van der Waals surface area (Å²) in [6.07, 6.45) is 4.26. The van der Waals surface area contributed by atoms with E-state index in [-0.39, 0.29) is 17.8 Å². The van der Waals surface area contributed by atoms with Crippen molar-refractivity contribution in [2.75, 3.05) is 26.2 Å². The van der Waals surface area contributed by atoms with Crippen LogP contribution in [0.25, 0.3) is 11.0 Å². The monoisotopic (exact) mass is 387 g/mol. The molecule has 2 aromatic rings. The van der Waals surface area contributed by atoms with Gasteiger partial charge in [0.15, 0.2) is 5.82 Å². The van der Waals surface area contributed by atoms with Gasteiger partial charge < -0.3 is 15.2 Å². The van der Waals surface area contributed by atoms with Crippen LogP contribution < -0.4 is 10.6 Å². The molecule has 1 aromatic carbocycles. The number of likely N-dealkylation sites (tertiary alicyclic amines) is 1. The Morgan fingerprint density at radius 1 is 1.36 bits per heavy atom. The molecule has 2 saturated heterocycles. The van der Waals surface area contributed by atoms with Gasteiger partial charge in [0, 0.05) is 19.6 Å². The molecule has 6 nitrogen and oxygen atoms in total. The topological polar surface area (TPSA) is 62.2 Å². The summed E-state index contributed by atoms with van der Waals surface area (Å²) in [6.45, 7) is 7.19. The lowest BCUT2D eigenvalue weighted by molar-refractivity contribution is -0.123. The van der Waals surface area contributed by atoms with E-state index in [0.717, 1.165) is 76.3 Å². The number of piperidine rings is 1. The van der Waals surface area contributed by atoms with Gasteiger partial charge in [0.1, 0.15) is 11.3 Å². The number of aryl methyl sites for hydroxylation is 1. The Morgan fingerprint density at radius 3 is 3.04 bits per heavy atom. The van der Waals surface area contributed by atoms with Crippen molar-refractivity contribution in [2.45, 2.75) is 51.7 Å². The number of carbonyl (C=O) groups excluding carboxylic acids is 1. The number of halogens is 1. The highest BCUT2D eigenvalue weighted by Gasteiger charge is 2.25. The van der Waals surface area contributed by atoms with Crippen molar-refractivity contribution < 1.29 is 9.18 Å². The molecule has 2 fully saturated rings. The molecule has 2 aliphatic heterocycles. The molecule has 0 saturated carbocycles. The fourth-order valence-corrected chi connectivity index (χ4v) is 4.57. The summed E-state index contributed by atoms with van der Waals surface area (Å²) >= 11 is 0. The average molecular weight is 388 g/mol. The summed E-state index contributed by atoms with van der Waals surface area (Å²) in [5.74, 6) is 1.25. The first-order valence-electron chi connectivity index (χ1n) is 10.5. The fraction of sp³-hybridized carbons (Fsp3) is 0.619. The number of carbonyl (C=O) groups is 1. The first-order valence-corrected chi connectivity index (χ1v) is 10.5. The second-order valence-electron chi connectivity index (χ2n) is 8.02. The van der Waals surface area contributed by atoms with E-state index in [2.05, 4.69) is 32.0 Å². The number of fused-ring (bicyclic) bond motifs is 1. The highest BCUT2D eigenvalue weighted by atomic mass is 19.1. The number of rotatable bonds is 6. The summed E-state index contributed by atoms with van der Waals surface area (Å²) in [7, 11) is 0. The number of benzene rings is 1. The van der Waals surface area contributed by atoms with E-state index < -0.39 is 0 Å². The van der Waals surface area contributed by atoms with Gasteiger partial charge in [-0.2, -0.15) is 0 Å². The molecule has 152 valence electrons. The van der Waals surface area contributed by atoms with E-state index >= 15 is 0 Å². The van der Waals surface area contributed by atoms with Crippen LogP contribution >= 0.6 is 0 Å². The van der Waals surface area contributed by atoms with Crippen molar-refractivity contribution in [3.05, 3.63) is 29.8 Å². The quantitative estimate of drug-likeness (QED) is 0.798. The molecule has 2 aliphatic rings. The van der Waals surface area contributed by atoms with E-state index in [4.69, 9.17) is 0 Å². The molecule has 0 aliphatic carbocycles. The maximum atomic E-state index is 14.1. The Bertz CT molecular complexity index is 830. The van der Waals surface area contributed by atoms with Crippen LogP contribution in [0, 0.1) is 11.7 Å². The predicted molar refractivity (Wildman–Crippen MR) is 107 cm³/mol. The van der Waals surface area contributed by atoms with Crippen LogP contribution in [0.4, 0.5) is 4.39 Å². The van der Waals surface area contributed by atoms with E-state index in [9.17, 15) is 9.18 Å². The van der Waals surface area contributed by atoms with Gasteiger partial charge in [-0.3, -0.25) is 9.69 Å². The van der Waals surface area contributed by atoms with Crippen molar-refractivity contribution >= 4 is 16.9 Å². The van der Waals surface area contributed by atoms with E-state index in [1.807, 2.05) is 6.07 Å². The minimum Gasteiger partial charge on any atom is -0.354 e. The van der Waals surface area contributed by atoms with Crippen LogP contribution in [0.5, 0.6) is 0 Å². The summed E-state index contributed by atoms with van der Waals surface area (Å²) in [6, 6.07) is 5.13. The van der Waals surface area contributed by atoms with E-state index in [1.54, 1.807) is 6.07 Å². The number of hydrogen-bond acceptors (Lipinski definition) is 4. The average Bonchev–Trinajstić information content (AvgIpc) is 3.35. The third-order valence-corrected chi connectivity index (χ3v) is 6.03. The molecule has 7 heteroatoms. The minimum atomic E-state index is -0.259. The second-order valence-corrected chi connectivity index (χ2v) is 8.02. The van der Waals surface area contributed by atoms with Crippen LogP contribution in [0.15, 0.2) is 18.2 Å². The number of nitrogens with zero attached hydrogens (tertiary/aromatic N) is 3. The molecule has 3 heterocycles. The lowest BCUT2D eigenvalue weighted by Gasteiger charge is -2.32. The molecule has 0 spiro atoms. The number of para-hydroxylation sites is 1. The lowest BCUT2D eigenvalue weighted by atomic mass is 9.98. The zero-order chi connectivity index (χ0) is 19.5. The number of hydrogen-bond donors (Lipinski definition) is 2. The Kier molecular flexibility index (Phi) is 5.92. The van der Waals surface area contributed by atoms with E-state index in [0.29, 0.717) is 11.4 Å². The minimum absolute atomic E-state index is 0.0148. The molecule has 28 heavy (non-hydrogen) atoms. The zero-order valence-corrected chi connectivity index (χ0v) is 16.6. The Morgan fingerprint density at radius 2 is 2.25 bits per heavy atom. The maximum absolute atomic E-state index is 14.1. The fourth-order valence-electron chi connectivity index (χ4n) is 4.57. The normalized spacial score (nSPS) is 23.4. The van der Waals surface area contributed by atoms with Crippen LogP contribution in [0.1, 0.15) is 38.4 Å². The van der Waals surface area contributed by atoms with Crippen molar-refractivity contribution in [1.82, 2.24) is 25.1 Å². The zero-order valence-electron chi connectivity index (χ0n) is 16.6. The van der Waals surface area contributed by atoms with Gasteiger partial charge in [0.25, 0.3) is 0 Å². The van der Waals surface area contributed by atoms with Crippen LogP contribution in [0.3, 0.4) is 0 Å². The number of aromatic nitrogens is 2. The molecule has 2 unspecified atom stereocenters. The molecule has 1 amide bonds. The molecule has 2 N–H and O–H groups in total. The van der Waals surface area contributed by atoms with Gasteiger partial charge in [-0.15, -0.1) is 0 Å². The second kappa shape index (κ2) is 8.57. The molecular formula is C21H30FN5O. The first kappa shape index (κ1) is 19.3.